The van der Waals surface area contributed by atoms with Crippen LogP contribution in [0, 0.1) is 0 Å². The van der Waals surface area contributed by atoms with Gasteiger partial charge in [-0.3, -0.25) is 9.79 Å². The van der Waals surface area contributed by atoms with E-state index in [0.29, 0.717) is 18.0 Å². The first-order valence-electron chi connectivity index (χ1n) is 11.4. The summed E-state index contributed by atoms with van der Waals surface area (Å²) in [6, 6.07) is 18.8. The van der Waals surface area contributed by atoms with Crippen LogP contribution in [0.3, 0.4) is 0 Å². The fraction of sp³-hybridized carbons (Fsp3) is 0.296. The van der Waals surface area contributed by atoms with Crippen molar-refractivity contribution < 1.29 is 14.3 Å². The first-order valence-corrected chi connectivity index (χ1v) is 11.4. The number of nitrogens with one attached hydrogen (secondary N) is 1. The molecule has 1 atom stereocenters. The normalized spacial score (nSPS) is 17.7. The third kappa shape index (κ3) is 4.60. The standard InChI is InChI=1S/C27H27N3O3/c1-32-23-17-21-19(16-24(23)33-20-11-5-6-12-20)15-22(27(31)30-25-13-7-8-14-28-25)29-26(21)18-9-3-2-4-10-18/h2-4,7-10,13-14,16-17,20,22H,5-6,11-12,15H2,1H3,(H,28,30,31). The third-order valence-corrected chi connectivity index (χ3v) is 6.20. The van der Waals surface area contributed by atoms with Crippen LogP contribution in [-0.2, 0) is 11.2 Å². The van der Waals surface area contributed by atoms with Crippen LogP contribution < -0.4 is 14.8 Å². The van der Waals surface area contributed by atoms with Gasteiger partial charge in [0.1, 0.15) is 11.9 Å². The molecule has 1 saturated carbocycles. The topological polar surface area (TPSA) is 72.8 Å². The van der Waals surface area contributed by atoms with Crippen molar-refractivity contribution in [2.75, 3.05) is 12.4 Å². The summed E-state index contributed by atoms with van der Waals surface area (Å²) < 4.78 is 12.0. The van der Waals surface area contributed by atoms with Crippen LogP contribution in [0.5, 0.6) is 11.5 Å². The molecule has 1 aliphatic carbocycles. The number of anilines is 1. The third-order valence-electron chi connectivity index (χ3n) is 6.20. The van der Waals surface area contributed by atoms with Crippen LogP contribution in [0.4, 0.5) is 5.82 Å². The molecule has 33 heavy (non-hydrogen) atoms. The summed E-state index contributed by atoms with van der Waals surface area (Å²) in [6.45, 7) is 0. The SMILES string of the molecule is COc1cc2c(cc1OC1CCCC1)CC(C(=O)Nc1ccccn1)N=C2c1ccccc1. The minimum Gasteiger partial charge on any atom is -0.493 e. The molecule has 1 aliphatic heterocycles. The van der Waals surface area contributed by atoms with Crippen LogP contribution in [-0.4, -0.2) is 35.9 Å². The largest absolute Gasteiger partial charge is 0.493 e. The molecule has 1 amide bonds. The average molecular weight is 442 g/mol. The molecule has 2 aromatic carbocycles. The molecule has 6 nitrogen and oxygen atoms in total. The first kappa shape index (κ1) is 21.2. The second-order valence-electron chi connectivity index (χ2n) is 8.45. The molecule has 1 unspecified atom stereocenters. The minimum absolute atomic E-state index is 0.179. The van der Waals surface area contributed by atoms with Gasteiger partial charge in [-0.05, 0) is 55.5 Å². The Kier molecular flexibility index (Phi) is 6.07. The summed E-state index contributed by atoms with van der Waals surface area (Å²) in [6.07, 6.45) is 6.86. The number of hydrogen-bond donors (Lipinski definition) is 1. The van der Waals surface area contributed by atoms with Gasteiger partial charge in [0.15, 0.2) is 11.5 Å². The summed E-state index contributed by atoms with van der Waals surface area (Å²) in [7, 11) is 1.66. The van der Waals surface area contributed by atoms with Crippen molar-refractivity contribution in [1.29, 1.82) is 0 Å². The van der Waals surface area contributed by atoms with Gasteiger partial charge in [0.25, 0.3) is 5.91 Å². The number of rotatable bonds is 6. The summed E-state index contributed by atoms with van der Waals surface area (Å²) in [4.78, 5) is 22.2. The summed E-state index contributed by atoms with van der Waals surface area (Å²) in [5.41, 5.74) is 3.74. The van der Waals surface area contributed by atoms with Crippen molar-refractivity contribution in [2.45, 2.75) is 44.2 Å². The molecular formula is C27H27N3O3. The Labute approximate surface area is 193 Å². The minimum atomic E-state index is -0.567. The van der Waals surface area contributed by atoms with E-state index in [1.165, 1.54) is 12.8 Å². The number of methoxy groups -OCH3 is 1. The fourth-order valence-corrected chi connectivity index (χ4v) is 4.53. The van der Waals surface area contributed by atoms with Gasteiger partial charge in [0, 0.05) is 23.7 Å². The van der Waals surface area contributed by atoms with Crippen LogP contribution in [0.1, 0.15) is 42.4 Å². The zero-order valence-electron chi connectivity index (χ0n) is 18.7. The Bertz CT molecular complexity index is 1160. The number of aromatic nitrogens is 1. The van der Waals surface area contributed by atoms with Gasteiger partial charge in [-0.1, -0.05) is 36.4 Å². The van der Waals surface area contributed by atoms with Crippen molar-refractivity contribution in [3.63, 3.8) is 0 Å². The lowest BCUT2D eigenvalue weighted by molar-refractivity contribution is -0.117. The molecule has 1 fully saturated rings. The lowest BCUT2D eigenvalue weighted by Gasteiger charge is -2.25. The number of carbonyl (C=O) groups is 1. The number of benzene rings is 2. The molecule has 0 spiro atoms. The summed E-state index contributed by atoms with van der Waals surface area (Å²) in [5.74, 6) is 1.77. The van der Waals surface area contributed by atoms with Crippen LogP contribution in [0.25, 0.3) is 0 Å². The van der Waals surface area contributed by atoms with E-state index in [0.717, 1.165) is 41.0 Å². The lowest BCUT2D eigenvalue weighted by atomic mass is 9.89. The van der Waals surface area contributed by atoms with Crippen molar-refractivity contribution >= 4 is 17.4 Å². The molecule has 1 aromatic heterocycles. The second kappa shape index (κ2) is 9.45. The molecule has 6 heteroatoms. The van der Waals surface area contributed by atoms with E-state index in [1.54, 1.807) is 19.4 Å². The maximum absolute atomic E-state index is 13.1. The van der Waals surface area contributed by atoms with Gasteiger partial charge in [-0.2, -0.15) is 0 Å². The molecule has 0 bridgehead atoms. The van der Waals surface area contributed by atoms with E-state index in [1.807, 2.05) is 54.6 Å². The van der Waals surface area contributed by atoms with Gasteiger partial charge in [0.2, 0.25) is 0 Å². The Morgan fingerprint density at radius 2 is 1.79 bits per heavy atom. The average Bonchev–Trinajstić information content (AvgIpc) is 3.37. The molecule has 2 aliphatic rings. The highest BCUT2D eigenvalue weighted by molar-refractivity contribution is 6.16. The summed E-state index contributed by atoms with van der Waals surface area (Å²) >= 11 is 0. The number of ether oxygens (including phenoxy) is 2. The van der Waals surface area contributed by atoms with E-state index in [-0.39, 0.29) is 12.0 Å². The van der Waals surface area contributed by atoms with Crippen LogP contribution in [0.2, 0.25) is 0 Å². The maximum Gasteiger partial charge on any atom is 0.250 e. The number of hydrogen-bond acceptors (Lipinski definition) is 5. The van der Waals surface area contributed by atoms with Gasteiger partial charge in [-0.15, -0.1) is 0 Å². The molecule has 0 saturated heterocycles. The number of nitrogens with zero attached hydrogens (tertiary/aromatic N) is 2. The molecule has 1 N–H and O–H groups in total. The molecule has 5 rings (SSSR count). The predicted molar refractivity (Wildman–Crippen MR) is 128 cm³/mol. The quantitative estimate of drug-likeness (QED) is 0.596. The monoisotopic (exact) mass is 441 g/mol. The predicted octanol–water partition coefficient (Wildman–Crippen LogP) is 4.81. The second-order valence-corrected chi connectivity index (χ2v) is 8.45. The van der Waals surface area contributed by atoms with Gasteiger partial charge >= 0.3 is 0 Å². The maximum atomic E-state index is 13.1. The van der Waals surface area contributed by atoms with Gasteiger partial charge < -0.3 is 14.8 Å². The van der Waals surface area contributed by atoms with Crippen molar-refractivity contribution in [3.05, 3.63) is 83.6 Å². The molecule has 2 heterocycles. The van der Waals surface area contributed by atoms with Crippen molar-refractivity contribution in [2.24, 2.45) is 4.99 Å². The lowest BCUT2D eigenvalue weighted by Crippen LogP contribution is -2.33. The van der Waals surface area contributed by atoms with Crippen LogP contribution in [0.15, 0.2) is 71.9 Å². The molecule has 0 radical (unpaired) electrons. The Morgan fingerprint density at radius 3 is 2.52 bits per heavy atom. The number of pyridine rings is 1. The zero-order valence-corrected chi connectivity index (χ0v) is 18.7. The van der Waals surface area contributed by atoms with Crippen molar-refractivity contribution in [1.82, 2.24) is 4.98 Å². The molecule has 168 valence electrons. The highest BCUT2D eigenvalue weighted by atomic mass is 16.5. The fourth-order valence-electron chi connectivity index (χ4n) is 4.53. The Morgan fingerprint density at radius 1 is 1.00 bits per heavy atom. The number of amides is 1. The highest BCUT2D eigenvalue weighted by Crippen LogP contribution is 2.37. The number of aliphatic imine (C=N–C) groups is 1. The molecule has 3 aromatic rings. The van der Waals surface area contributed by atoms with Crippen molar-refractivity contribution in [3.8, 4) is 11.5 Å². The highest BCUT2D eigenvalue weighted by Gasteiger charge is 2.29. The van der Waals surface area contributed by atoms with E-state index < -0.39 is 6.04 Å². The smallest absolute Gasteiger partial charge is 0.250 e. The first-order chi connectivity index (χ1) is 16.2. The van der Waals surface area contributed by atoms with Gasteiger partial charge in [0.05, 0.1) is 18.9 Å². The number of carbonyl (C=O) groups excluding carboxylic acids is 1. The summed E-state index contributed by atoms with van der Waals surface area (Å²) in [5, 5.41) is 2.90. The van der Waals surface area contributed by atoms with E-state index >= 15 is 0 Å². The van der Waals surface area contributed by atoms with Crippen LogP contribution >= 0.6 is 0 Å². The van der Waals surface area contributed by atoms with E-state index in [2.05, 4.69) is 10.3 Å². The van der Waals surface area contributed by atoms with Gasteiger partial charge in [-0.25, -0.2) is 4.98 Å². The molecular weight excluding hydrogens is 414 g/mol. The van der Waals surface area contributed by atoms with E-state index in [9.17, 15) is 4.79 Å². The Hall–Kier alpha value is -3.67. The van der Waals surface area contributed by atoms with E-state index in [4.69, 9.17) is 14.5 Å². The Balaban J connectivity index is 1.52. The number of fused-ring (bicyclic) bond motifs is 1. The zero-order chi connectivity index (χ0) is 22.6.